The van der Waals surface area contributed by atoms with Crippen LogP contribution in [0.4, 0.5) is 0 Å². The third-order valence-electron chi connectivity index (χ3n) is 2.94. The summed E-state index contributed by atoms with van der Waals surface area (Å²) in [6.45, 7) is 4.02. The Labute approximate surface area is 105 Å². The van der Waals surface area contributed by atoms with E-state index in [-0.39, 0.29) is 0 Å². The minimum atomic E-state index is 0.800. The second-order valence-electron chi connectivity index (χ2n) is 4.22. The monoisotopic (exact) mass is 238 g/mol. The zero-order valence-electron chi connectivity index (χ0n) is 10.5. The van der Waals surface area contributed by atoms with Crippen LogP contribution in [0, 0.1) is 6.92 Å². The van der Waals surface area contributed by atoms with Crippen molar-refractivity contribution in [2.24, 2.45) is 0 Å². The van der Waals surface area contributed by atoms with Crippen molar-refractivity contribution in [1.29, 1.82) is 0 Å². The Morgan fingerprint density at radius 3 is 2.89 bits per heavy atom. The first kappa shape index (κ1) is 10.9. The predicted octanol–water partition coefficient (Wildman–Crippen LogP) is 2.66. The molecule has 18 heavy (non-hydrogen) atoms. The number of pyridine rings is 1. The van der Waals surface area contributed by atoms with Crippen LogP contribution in [0.2, 0.25) is 0 Å². The first-order valence-electron chi connectivity index (χ1n) is 6.05. The van der Waals surface area contributed by atoms with Crippen LogP contribution in [0.15, 0.2) is 36.5 Å². The van der Waals surface area contributed by atoms with Gasteiger partial charge < -0.3 is 0 Å². The molecule has 0 unspecified atom stereocenters. The third-order valence-corrected chi connectivity index (χ3v) is 2.94. The molecule has 3 aromatic heterocycles. The van der Waals surface area contributed by atoms with E-state index in [1.165, 1.54) is 0 Å². The van der Waals surface area contributed by atoms with Crippen LogP contribution in [-0.2, 0) is 6.42 Å². The molecule has 3 heterocycles. The SMILES string of the molecule is CCc1cc(-c2cccc3ccnn23)nc(C)n1. The van der Waals surface area contributed by atoms with E-state index in [1.807, 2.05) is 41.8 Å². The molecule has 0 N–H and O–H groups in total. The fourth-order valence-electron chi connectivity index (χ4n) is 2.09. The Bertz CT molecular complexity index is 700. The zero-order chi connectivity index (χ0) is 12.5. The molecule has 0 bridgehead atoms. The van der Waals surface area contributed by atoms with Crippen molar-refractivity contribution in [3.63, 3.8) is 0 Å². The van der Waals surface area contributed by atoms with Crippen LogP contribution >= 0.6 is 0 Å². The highest BCUT2D eigenvalue weighted by Gasteiger charge is 2.07. The summed E-state index contributed by atoms with van der Waals surface area (Å²) < 4.78 is 1.90. The van der Waals surface area contributed by atoms with Gasteiger partial charge in [0.05, 0.1) is 23.1 Å². The van der Waals surface area contributed by atoms with Crippen LogP contribution in [0.3, 0.4) is 0 Å². The Morgan fingerprint density at radius 1 is 1.17 bits per heavy atom. The molecule has 4 heteroatoms. The summed E-state index contributed by atoms with van der Waals surface area (Å²) in [6, 6.07) is 10.1. The smallest absolute Gasteiger partial charge is 0.126 e. The lowest BCUT2D eigenvalue weighted by Gasteiger charge is -2.06. The molecule has 0 saturated carbocycles. The first-order chi connectivity index (χ1) is 8.78. The number of aromatic nitrogens is 4. The molecule has 0 spiro atoms. The summed E-state index contributed by atoms with van der Waals surface area (Å²) >= 11 is 0. The Balaban J connectivity index is 2.25. The Kier molecular flexibility index (Phi) is 2.55. The van der Waals surface area contributed by atoms with Gasteiger partial charge in [0.2, 0.25) is 0 Å². The highest BCUT2D eigenvalue weighted by Crippen LogP contribution is 2.19. The van der Waals surface area contributed by atoms with E-state index in [1.54, 1.807) is 6.20 Å². The van der Waals surface area contributed by atoms with Crippen LogP contribution in [-0.4, -0.2) is 19.6 Å². The number of hydrogen-bond donors (Lipinski definition) is 0. The third kappa shape index (κ3) is 1.76. The van der Waals surface area contributed by atoms with E-state index in [0.29, 0.717) is 0 Å². The molecule has 0 aliphatic rings. The molecule has 0 saturated heterocycles. The topological polar surface area (TPSA) is 43.1 Å². The second kappa shape index (κ2) is 4.22. The van der Waals surface area contributed by atoms with Crippen molar-refractivity contribution in [3.05, 3.63) is 48.0 Å². The average molecular weight is 238 g/mol. The number of aryl methyl sites for hydroxylation is 2. The number of fused-ring (bicyclic) bond motifs is 1. The fraction of sp³-hybridized carbons (Fsp3) is 0.214. The zero-order valence-corrected chi connectivity index (χ0v) is 10.5. The molecule has 4 nitrogen and oxygen atoms in total. The van der Waals surface area contributed by atoms with Crippen molar-refractivity contribution >= 4 is 5.52 Å². The van der Waals surface area contributed by atoms with Crippen LogP contribution < -0.4 is 0 Å². The van der Waals surface area contributed by atoms with E-state index in [0.717, 1.165) is 34.8 Å². The lowest BCUT2D eigenvalue weighted by molar-refractivity contribution is 0.925. The van der Waals surface area contributed by atoms with Crippen LogP contribution in [0.25, 0.3) is 16.9 Å². The van der Waals surface area contributed by atoms with Gasteiger partial charge in [0.1, 0.15) is 5.82 Å². The molecule has 0 fully saturated rings. The van der Waals surface area contributed by atoms with Crippen LogP contribution in [0.5, 0.6) is 0 Å². The molecule has 90 valence electrons. The molecule has 0 aliphatic carbocycles. The van der Waals surface area contributed by atoms with Crippen LogP contribution in [0.1, 0.15) is 18.4 Å². The largest absolute Gasteiger partial charge is 0.238 e. The van der Waals surface area contributed by atoms with Crippen molar-refractivity contribution in [2.45, 2.75) is 20.3 Å². The summed E-state index contributed by atoms with van der Waals surface area (Å²) in [5.41, 5.74) is 4.05. The maximum atomic E-state index is 4.51. The highest BCUT2D eigenvalue weighted by atomic mass is 15.2. The van der Waals surface area contributed by atoms with Gasteiger partial charge in [-0.15, -0.1) is 0 Å². The average Bonchev–Trinajstić information content (AvgIpc) is 2.85. The van der Waals surface area contributed by atoms with E-state index >= 15 is 0 Å². The van der Waals surface area contributed by atoms with Gasteiger partial charge in [-0.1, -0.05) is 13.0 Å². The summed E-state index contributed by atoms with van der Waals surface area (Å²) in [5.74, 6) is 0.800. The maximum absolute atomic E-state index is 4.51. The minimum Gasteiger partial charge on any atom is -0.238 e. The highest BCUT2D eigenvalue weighted by molar-refractivity contribution is 5.61. The second-order valence-corrected chi connectivity index (χ2v) is 4.22. The van der Waals surface area contributed by atoms with Gasteiger partial charge in [-0.05, 0) is 37.6 Å². The Morgan fingerprint density at radius 2 is 2.06 bits per heavy atom. The molecule has 3 aromatic rings. The normalized spacial score (nSPS) is 11.0. The molecule has 0 aromatic carbocycles. The lowest BCUT2D eigenvalue weighted by atomic mass is 10.2. The summed E-state index contributed by atoms with van der Waals surface area (Å²) in [5, 5.41) is 4.34. The van der Waals surface area contributed by atoms with Crippen molar-refractivity contribution < 1.29 is 0 Å². The van der Waals surface area contributed by atoms with Gasteiger partial charge in [0.25, 0.3) is 0 Å². The van der Waals surface area contributed by atoms with Gasteiger partial charge in [-0.2, -0.15) is 5.10 Å². The maximum Gasteiger partial charge on any atom is 0.126 e. The van der Waals surface area contributed by atoms with Gasteiger partial charge in [0.15, 0.2) is 0 Å². The molecule has 0 aliphatic heterocycles. The quantitative estimate of drug-likeness (QED) is 0.689. The Hall–Kier alpha value is -2.23. The molecule has 0 radical (unpaired) electrons. The predicted molar refractivity (Wildman–Crippen MR) is 70.3 cm³/mol. The number of hydrogen-bond acceptors (Lipinski definition) is 3. The van der Waals surface area contributed by atoms with Crippen molar-refractivity contribution in [1.82, 2.24) is 19.6 Å². The summed E-state index contributed by atoms with van der Waals surface area (Å²) in [6.07, 6.45) is 2.71. The van der Waals surface area contributed by atoms with E-state index < -0.39 is 0 Å². The van der Waals surface area contributed by atoms with Crippen molar-refractivity contribution in [3.8, 4) is 11.4 Å². The summed E-state index contributed by atoms with van der Waals surface area (Å²) in [7, 11) is 0. The fourth-order valence-corrected chi connectivity index (χ4v) is 2.09. The standard InChI is InChI=1S/C14H14N4/c1-3-11-9-13(17-10(2)16-11)14-6-4-5-12-7-8-15-18(12)14/h4-9H,3H2,1-2H3. The number of nitrogens with zero attached hydrogens (tertiary/aromatic N) is 4. The summed E-state index contributed by atoms with van der Waals surface area (Å²) in [4.78, 5) is 8.91. The molecular formula is C14H14N4. The van der Waals surface area contributed by atoms with Gasteiger partial charge in [-0.25, -0.2) is 14.5 Å². The molecule has 0 amide bonds. The van der Waals surface area contributed by atoms with Gasteiger partial charge >= 0.3 is 0 Å². The van der Waals surface area contributed by atoms with Gasteiger partial charge in [-0.3, -0.25) is 0 Å². The molecule has 3 rings (SSSR count). The molecular weight excluding hydrogens is 224 g/mol. The molecule has 0 atom stereocenters. The number of rotatable bonds is 2. The van der Waals surface area contributed by atoms with E-state index in [9.17, 15) is 0 Å². The van der Waals surface area contributed by atoms with Crippen molar-refractivity contribution in [2.75, 3.05) is 0 Å². The minimum absolute atomic E-state index is 0.800. The van der Waals surface area contributed by atoms with Gasteiger partial charge in [0, 0.05) is 5.69 Å². The first-order valence-corrected chi connectivity index (χ1v) is 6.05. The van der Waals surface area contributed by atoms with E-state index in [4.69, 9.17) is 0 Å². The van der Waals surface area contributed by atoms with E-state index in [2.05, 4.69) is 22.0 Å². The lowest BCUT2D eigenvalue weighted by Crippen LogP contribution is -2.00.